The van der Waals surface area contributed by atoms with Gasteiger partial charge in [0.05, 0.1) is 17.6 Å². The number of hydrogen-bond acceptors (Lipinski definition) is 7. The standard InChI is InChI=1S/C24H28N6O3/c1-3-16-11-19-20(27-22(16)31)10-15(12-26-19)13-29-7-8-30-17(14-29)6-9-33-24-21(30)5-4-18(28-24)23(32)25-2/h4-5,10-12,17H,3,6-9,13-14H2,1-2H3,(H,25,32)(H,27,31). The second-order valence-electron chi connectivity index (χ2n) is 8.57. The highest BCUT2D eigenvalue weighted by molar-refractivity contribution is 5.92. The average molecular weight is 449 g/mol. The molecule has 0 radical (unpaired) electrons. The average Bonchev–Trinajstić information content (AvgIpc) is 3.01. The monoisotopic (exact) mass is 448 g/mol. The predicted octanol–water partition coefficient (Wildman–Crippen LogP) is 1.71. The van der Waals surface area contributed by atoms with Crippen LogP contribution in [-0.2, 0) is 13.0 Å². The van der Waals surface area contributed by atoms with Crippen LogP contribution in [0.4, 0.5) is 5.69 Å². The van der Waals surface area contributed by atoms with E-state index in [1.807, 2.05) is 31.3 Å². The predicted molar refractivity (Wildman–Crippen MR) is 126 cm³/mol. The summed E-state index contributed by atoms with van der Waals surface area (Å²) in [5.41, 5.74) is 4.71. The van der Waals surface area contributed by atoms with Gasteiger partial charge < -0.3 is 19.9 Å². The van der Waals surface area contributed by atoms with Gasteiger partial charge in [-0.15, -0.1) is 0 Å². The Labute approximate surface area is 191 Å². The fourth-order valence-electron chi connectivity index (χ4n) is 4.71. The summed E-state index contributed by atoms with van der Waals surface area (Å²) in [7, 11) is 1.59. The minimum absolute atomic E-state index is 0.0390. The lowest BCUT2D eigenvalue weighted by atomic mass is 10.1. The SMILES string of the molecule is CCc1cc2ncc(CN3CCN4c5ccc(C(=O)NC)nc5OCCC4C3)cc2[nH]c1=O. The van der Waals surface area contributed by atoms with E-state index in [0.29, 0.717) is 30.6 Å². The molecule has 1 fully saturated rings. The molecule has 2 aliphatic heterocycles. The number of nitrogens with one attached hydrogen (secondary N) is 2. The number of aromatic amines is 1. The smallest absolute Gasteiger partial charge is 0.269 e. The first-order chi connectivity index (χ1) is 16.1. The second kappa shape index (κ2) is 8.82. The zero-order valence-electron chi connectivity index (χ0n) is 18.9. The van der Waals surface area contributed by atoms with E-state index in [4.69, 9.17) is 4.74 Å². The summed E-state index contributed by atoms with van der Waals surface area (Å²) in [6.45, 7) is 5.93. The van der Waals surface area contributed by atoms with Gasteiger partial charge >= 0.3 is 0 Å². The molecule has 0 saturated carbocycles. The molecule has 172 valence electrons. The number of carbonyl (C=O) groups is 1. The summed E-state index contributed by atoms with van der Waals surface area (Å²) in [5, 5.41) is 2.61. The molecule has 9 heteroatoms. The number of fused-ring (bicyclic) bond motifs is 4. The lowest BCUT2D eigenvalue weighted by Gasteiger charge is -2.41. The summed E-state index contributed by atoms with van der Waals surface area (Å²) in [6.07, 6.45) is 3.48. The number of hydrogen-bond donors (Lipinski definition) is 2. The molecule has 2 N–H and O–H groups in total. The summed E-state index contributed by atoms with van der Waals surface area (Å²) >= 11 is 0. The number of aromatic nitrogens is 3. The molecule has 1 unspecified atom stereocenters. The van der Waals surface area contributed by atoms with E-state index in [1.165, 1.54) is 0 Å². The van der Waals surface area contributed by atoms with Gasteiger partial charge in [-0.2, -0.15) is 0 Å². The van der Waals surface area contributed by atoms with Crippen LogP contribution in [0.1, 0.15) is 35.0 Å². The number of nitrogens with zero attached hydrogens (tertiary/aromatic N) is 4. The fourth-order valence-corrected chi connectivity index (χ4v) is 4.71. The van der Waals surface area contributed by atoms with Gasteiger partial charge in [0.25, 0.3) is 11.5 Å². The molecule has 9 nitrogen and oxygen atoms in total. The third kappa shape index (κ3) is 4.16. The normalized spacial score (nSPS) is 18.2. The molecule has 1 amide bonds. The molecule has 5 rings (SSSR count). The second-order valence-corrected chi connectivity index (χ2v) is 8.57. The lowest BCUT2D eigenvalue weighted by molar-refractivity contribution is 0.0957. The maximum atomic E-state index is 12.2. The van der Waals surface area contributed by atoms with Crippen molar-refractivity contribution in [2.45, 2.75) is 32.4 Å². The van der Waals surface area contributed by atoms with E-state index in [2.05, 4.69) is 30.1 Å². The summed E-state index contributed by atoms with van der Waals surface area (Å²) in [6, 6.07) is 7.90. The molecule has 1 saturated heterocycles. The molecule has 2 aliphatic rings. The van der Waals surface area contributed by atoms with Gasteiger partial charge in [0.15, 0.2) is 0 Å². The van der Waals surface area contributed by atoms with E-state index in [0.717, 1.165) is 60.4 Å². The van der Waals surface area contributed by atoms with E-state index in [-0.39, 0.29) is 11.5 Å². The first-order valence-corrected chi connectivity index (χ1v) is 11.4. The lowest BCUT2D eigenvalue weighted by Crippen LogP contribution is -2.52. The van der Waals surface area contributed by atoms with Crippen molar-refractivity contribution >= 4 is 22.6 Å². The Morgan fingerprint density at radius 2 is 2.18 bits per heavy atom. The van der Waals surface area contributed by atoms with Crippen molar-refractivity contribution in [1.82, 2.24) is 25.2 Å². The molecule has 0 aliphatic carbocycles. The number of piperazine rings is 1. The van der Waals surface area contributed by atoms with Crippen LogP contribution in [-0.4, -0.2) is 65.1 Å². The van der Waals surface area contributed by atoms with E-state index in [1.54, 1.807) is 13.1 Å². The van der Waals surface area contributed by atoms with Crippen molar-refractivity contribution < 1.29 is 9.53 Å². The number of pyridine rings is 3. The van der Waals surface area contributed by atoms with Crippen LogP contribution in [0.3, 0.4) is 0 Å². The molecule has 0 aromatic carbocycles. The maximum Gasteiger partial charge on any atom is 0.269 e. The molecule has 5 heterocycles. The largest absolute Gasteiger partial charge is 0.476 e. The van der Waals surface area contributed by atoms with Gasteiger partial charge in [0.1, 0.15) is 11.4 Å². The van der Waals surface area contributed by atoms with Crippen molar-refractivity contribution in [3.8, 4) is 5.88 Å². The van der Waals surface area contributed by atoms with E-state index >= 15 is 0 Å². The molecule has 33 heavy (non-hydrogen) atoms. The number of anilines is 1. The molecule has 1 atom stereocenters. The number of H-pyrrole nitrogens is 1. The minimum atomic E-state index is -0.219. The topological polar surface area (TPSA) is 103 Å². The van der Waals surface area contributed by atoms with Gasteiger partial charge in [-0.05, 0) is 36.2 Å². The van der Waals surface area contributed by atoms with Crippen LogP contribution in [0.5, 0.6) is 5.88 Å². The highest BCUT2D eigenvalue weighted by Gasteiger charge is 2.32. The van der Waals surface area contributed by atoms with Crippen molar-refractivity contribution in [1.29, 1.82) is 0 Å². The number of ether oxygens (including phenoxy) is 1. The molecule has 0 bridgehead atoms. The molecule has 0 spiro atoms. The van der Waals surface area contributed by atoms with Crippen molar-refractivity contribution in [3.05, 3.63) is 57.6 Å². The highest BCUT2D eigenvalue weighted by atomic mass is 16.5. The van der Waals surface area contributed by atoms with Crippen LogP contribution in [0.15, 0.2) is 35.3 Å². The summed E-state index contributed by atoms with van der Waals surface area (Å²) < 4.78 is 5.91. The Bertz CT molecular complexity index is 1260. The van der Waals surface area contributed by atoms with Crippen molar-refractivity contribution in [3.63, 3.8) is 0 Å². The number of amides is 1. The Kier molecular flexibility index (Phi) is 5.72. The zero-order chi connectivity index (χ0) is 22.9. The molecular formula is C24H28N6O3. The number of aryl methyl sites for hydroxylation is 1. The third-order valence-corrected chi connectivity index (χ3v) is 6.48. The van der Waals surface area contributed by atoms with E-state index < -0.39 is 0 Å². The minimum Gasteiger partial charge on any atom is -0.476 e. The summed E-state index contributed by atoms with van der Waals surface area (Å²) in [4.78, 5) is 40.9. The number of rotatable bonds is 4. The van der Waals surface area contributed by atoms with Gasteiger partial charge in [0.2, 0.25) is 5.88 Å². The van der Waals surface area contributed by atoms with Crippen LogP contribution in [0.2, 0.25) is 0 Å². The fraction of sp³-hybridized carbons (Fsp3) is 0.417. The van der Waals surface area contributed by atoms with Crippen LogP contribution < -0.4 is 20.5 Å². The Balaban J connectivity index is 1.32. The highest BCUT2D eigenvalue weighted by Crippen LogP contribution is 2.33. The maximum absolute atomic E-state index is 12.2. The van der Waals surface area contributed by atoms with Gasteiger partial charge in [-0.3, -0.25) is 19.5 Å². The first kappa shape index (κ1) is 21.4. The quantitative estimate of drug-likeness (QED) is 0.626. The number of carbonyl (C=O) groups excluding carboxylic acids is 1. The van der Waals surface area contributed by atoms with E-state index in [9.17, 15) is 9.59 Å². The van der Waals surface area contributed by atoms with Gasteiger partial charge in [-0.25, -0.2) is 4.98 Å². The Hall–Kier alpha value is -3.46. The first-order valence-electron chi connectivity index (χ1n) is 11.4. The van der Waals surface area contributed by atoms with Gasteiger partial charge in [-0.1, -0.05) is 6.92 Å². The van der Waals surface area contributed by atoms with Crippen LogP contribution >= 0.6 is 0 Å². The zero-order valence-corrected chi connectivity index (χ0v) is 18.9. The Morgan fingerprint density at radius 3 is 3.00 bits per heavy atom. The third-order valence-electron chi connectivity index (χ3n) is 6.48. The van der Waals surface area contributed by atoms with Gasteiger partial charge in [0, 0.05) is 57.4 Å². The van der Waals surface area contributed by atoms with Crippen LogP contribution in [0, 0.1) is 0 Å². The summed E-state index contributed by atoms with van der Waals surface area (Å²) in [5.74, 6) is 0.310. The Morgan fingerprint density at radius 1 is 1.30 bits per heavy atom. The van der Waals surface area contributed by atoms with Crippen molar-refractivity contribution in [2.24, 2.45) is 0 Å². The molecule has 3 aromatic heterocycles. The van der Waals surface area contributed by atoms with Crippen molar-refractivity contribution in [2.75, 3.05) is 38.2 Å². The van der Waals surface area contributed by atoms with Crippen LogP contribution in [0.25, 0.3) is 11.0 Å². The molecule has 3 aromatic rings. The molecular weight excluding hydrogens is 420 g/mol.